The molecule has 0 radical (unpaired) electrons. The molecule has 2 aromatic heterocycles. The van der Waals surface area contributed by atoms with E-state index in [0.29, 0.717) is 5.65 Å². The molecule has 0 aliphatic heterocycles. The van der Waals surface area contributed by atoms with Gasteiger partial charge in [0, 0.05) is 36.8 Å². The van der Waals surface area contributed by atoms with Gasteiger partial charge in [-0.2, -0.15) is 0 Å². The van der Waals surface area contributed by atoms with Crippen molar-refractivity contribution in [2.45, 2.75) is 6.92 Å². The summed E-state index contributed by atoms with van der Waals surface area (Å²) in [5.74, 6) is 0. The molecule has 0 atom stereocenters. The van der Waals surface area contributed by atoms with E-state index >= 15 is 0 Å². The largest absolute Gasteiger partial charge is 0.388 e. The van der Waals surface area contributed by atoms with Crippen molar-refractivity contribution in [3.8, 4) is 0 Å². The minimum absolute atomic E-state index is 0.0462. The first-order valence-corrected chi connectivity index (χ1v) is 4.38. The summed E-state index contributed by atoms with van der Waals surface area (Å²) in [5, 5.41) is 3.00. The van der Waals surface area contributed by atoms with Crippen LogP contribution < -0.4 is 10.9 Å². The van der Waals surface area contributed by atoms with Crippen LogP contribution in [0.25, 0.3) is 5.65 Å². The molecule has 0 spiro atoms. The number of aromatic nitrogens is 2. The number of aryl methyl sites for hydroxylation is 1. The maximum absolute atomic E-state index is 11.5. The van der Waals surface area contributed by atoms with Gasteiger partial charge in [0.2, 0.25) is 0 Å². The second kappa shape index (κ2) is 3.14. The van der Waals surface area contributed by atoms with Gasteiger partial charge in [-0.1, -0.05) is 0 Å². The Bertz CT molecular complexity index is 530. The Morgan fingerprint density at radius 1 is 1.43 bits per heavy atom. The van der Waals surface area contributed by atoms with Gasteiger partial charge in [-0.3, -0.25) is 9.20 Å². The van der Waals surface area contributed by atoms with Crippen LogP contribution in [-0.4, -0.2) is 16.4 Å². The topological polar surface area (TPSA) is 46.4 Å². The molecule has 2 aromatic rings. The lowest BCUT2D eigenvalue weighted by molar-refractivity contribution is 1.02. The summed E-state index contributed by atoms with van der Waals surface area (Å²) < 4.78 is 1.52. The maximum atomic E-state index is 11.5. The number of hydrogen-bond acceptors (Lipinski definition) is 3. The third-order valence-electron chi connectivity index (χ3n) is 2.08. The van der Waals surface area contributed by atoms with Crippen molar-refractivity contribution in [3.05, 3.63) is 40.4 Å². The van der Waals surface area contributed by atoms with Crippen molar-refractivity contribution < 1.29 is 0 Å². The molecule has 2 heterocycles. The van der Waals surface area contributed by atoms with Gasteiger partial charge in [0.1, 0.15) is 5.65 Å². The Labute approximate surface area is 81.2 Å². The van der Waals surface area contributed by atoms with Gasteiger partial charge >= 0.3 is 0 Å². The maximum Gasteiger partial charge on any atom is 0.258 e. The molecule has 1 N–H and O–H groups in total. The molecular formula is C10H11N3O. The highest BCUT2D eigenvalue weighted by atomic mass is 16.1. The van der Waals surface area contributed by atoms with Gasteiger partial charge in [-0.05, 0) is 13.0 Å². The van der Waals surface area contributed by atoms with Gasteiger partial charge in [0.25, 0.3) is 5.56 Å². The smallest absolute Gasteiger partial charge is 0.258 e. The first-order chi connectivity index (χ1) is 6.70. The molecule has 0 bridgehead atoms. The van der Waals surface area contributed by atoms with Crippen molar-refractivity contribution in [2.24, 2.45) is 0 Å². The predicted molar refractivity (Wildman–Crippen MR) is 55.7 cm³/mol. The summed E-state index contributed by atoms with van der Waals surface area (Å²) in [7, 11) is 1.83. The summed E-state index contributed by atoms with van der Waals surface area (Å²) in [6.07, 6.45) is 1.72. The number of anilines is 1. The first-order valence-electron chi connectivity index (χ1n) is 4.38. The Hall–Kier alpha value is -1.84. The fourth-order valence-corrected chi connectivity index (χ4v) is 1.38. The van der Waals surface area contributed by atoms with E-state index < -0.39 is 0 Å². The lowest BCUT2D eigenvalue weighted by Crippen LogP contribution is -2.14. The molecule has 0 saturated carbocycles. The second-order valence-corrected chi connectivity index (χ2v) is 3.13. The average molecular weight is 189 g/mol. The molecule has 2 rings (SSSR count). The zero-order valence-electron chi connectivity index (χ0n) is 8.11. The van der Waals surface area contributed by atoms with Crippen LogP contribution in [-0.2, 0) is 0 Å². The van der Waals surface area contributed by atoms with E-state index in [9.17, 15) is 4.79 Å². The highest BCUT2D eigenvalue weighted by Crippen LogP contribution is 2.07. The van der Waals surface area contributed by atoms with Crippen molar-refractivity contribution in [2.75, 3.05) is 12.4 Å². The van der Waals surface area contributed by atoms with E-state index in [2.05, 4.69) is 10.3 Å². The van der Waals surface area contributed by atoms with Crippen LogP contribution in [0.3, 0.4) is 0 Å². The Morgan fingerprint density at radius 2 is 2.21 bits per heavy atom. The molecule has 0 aliphatic rings. The lowest BCUT2D eigenvalue weighted by atomic mass is 10.3. The van der Waals surface area contributed by atoms with Crippen LogP contribution in [0.1, 0.15) is 5.69 Å². The van der Waals surface area contributed by atoms with E-state index in [4.69, 9.17) is 0 Å². The number of hydrogen-bond donors (Lipinski definition) is 1. The Balaban J connectivity index is 2.82. The predicted octanol–water partition coefficient (Wildman–Crippen LogP) is 1.04. The van der Waals surface area contributed by atoms with E-state index in [1.165, 1.54) is 10.5 Å². The van der Waals surface area contributed by atoms with Gasteiger partial charge in [-0.25, -0.2) is 4.98 Å². The van der Waals surface area contributed by atoms with E-state index in [0.717, 1.165) is 11.4 Å². The number of fused-ring (bicyclic) bond motifs is 1. The van der Waals surface area contributed by atoms with Crippen molar-refractivity contribution in [1.82, 2.24) is 9.38 Å². The molecule has 0 aromatic carbocycles. The summed E-state index contributed by atoms with van der Waals surface area (Å²) >= 11 is 0. The third kappa shape index (κ3) is 1.35. The normalized spacial score (nSPS) is 10.4. The quantitative estimate of drug-likeness (QED) is 0.729. The van der Waals surface area contributed by atoms with Crippen molar-refractivity contribution in [3.63, 3.8) is 0 Å². The lowest BCUT2D eigenvalue weighted by Gasteiger charge is -2.03. The van der Waals surface area contributed by atoms with E-state index in [1.807, 2.05) is 26.1 Å². The minimum Gasteiger partial charge on any atom is -0.388 e. The first kappa shape index (κ1) is 8.74. The van der Waals surface area contributed by atoms with Crippen LogP contribution >= 0.6 is 0 Å². The van der Waals surface area contributed by atoms with Crippen molar-refractivity contribution in [1.29, 1.82) is 0 Å². The molecule has 0 unspecified atom stereocenters. The number of rotatable bonds is 1. The van der Waals surface area contributed by atoms with Gasteiger partial charge in [0.15, 0.2) is 0 Å². The standard InChI is InChI=1S/C10H11N3O/c1-7-5-10(14)13-4-3-8(11-2)6-9(13)12-7/h3-6,11H,1-2H3. The minimum atomic E-state index is -0.0462. The van der Waals surface area contributed by atoms with E-state index in [1.54, 1.807) is 6.20 Å². The van der Waals surface area contributed by atoms with Crippen LogP contribution in [0.5, 0.6) is 0 Å². The van der Waals surface area contributed by atoms with Gasteiger partial charge < -0.3 is 5.32 Å². The van der Waals surface area contributed by atoms with Gasteiger partial charge in [0.05, 0.1) is 0 Å². The highest BCUT2D eigenvalue weighted by molar-refractivity contribution is 5.53. The molecule has 0 aliphatic carbocycles. The molecule has 72 valence electrons. The van der Waals surface area contributed by atoms with Gasteiger partial charge in [-0.15, -0.1) is 0 Å². The molecule has 0 amide bonds. The zero-order chi connectivity index (χ0) is 10.1. The van der Waals surface area contributed by atoms with Crippen LogP contribution in [0.2, 0.25) is 0 Å². The van der Waals surface area contributed by atoms with Crippen LogP contribution in [0, 0.1) is 6.92 Å². The fraction of sp³-hybridized carbons (Fsp3) is 0.200. The number of pyridine rings is 1. The number of nitrogens with zero attached hydrogens (tertiary/aromatic N) is 2. The molecule has 14 heavy (non-hydrogen) atoms. The van der Waals surface area contributed by atoms with Crippen molar-refractivity contribution >= 4 is 11.3 Å². The molecule has 0 saturated heterocycles. The third-order valence-corrected chi connectivity index (χ3v) is 2.08. The summed E-state index contributed by atoms with van der Waals surface area (Å²) in [6.45, 7) is 1.81. The Kier molecular flexibility index (Phi) is 1.96. The van der Waals surface area contributed by atoms with Crippen LogP contribution in [0.15, 0.2) is 29.2 Å². The monoisotopic (exact) mass is 189 g/mol. The highest BCUT2D eigenvalue weighted by Gasteiger charge is 1.99. The zero-order valence-corrected chi connectivity index (χ0v) is 8.11. The fourth-order valence-electron chi connectivity index (χ4n) is 1.38. The SMILES string of the molecule is CNc1ccn2c(=O)cc(C)nc2c1. The van der Waals surface area contributed by atoms with E-state index in [-0.39, 0.29) is 5.56 Å². The average Bonchev–Trinajstić information content (AvgIpc) is 2.16. The number of nitrogens with one attached hydrogen (secondary N) is 1. The molecule has 4 heteroatoms. The second-order valence-electron chi connectivity index (χ2n) is 3.13. The summed E-state index contributed by atoms with van der Waals surface area (Å²) in [4.78, 5) is 15.8. The summed E-state index contributed by atoms with van der Waals surface area (Å²) in [5.41, 5.74) is 2.31. The Morgan fingerprint density at radius 3 is 2.93 bits per heavy atom. The van der Waals surface area contributed by atoms with Crippen LogP contribution in [0.4, 0.5) is 5.69 Å². The molecule has 0 fully saturated rings. The summed E-state index contributed by atoms with van der Waals surface area (Å²) in [6, 6.07) is 5.20. The molecular weight excluding hydrogens is 178 g/mol. The molecule has 4 nitrogen and oxygen atoms in total.